The Hall–Kier alpha value is 0.540. The van der Waals surface area contributed by atoms with Gasteiger partial charge in [-0.1, -0.05) is 71.1 Å². The molecule has 5 nitrogen and oxygen atoms in total. The van der Waals surface area contributed by atoms with Gasteiger partial charge in [-0.05, 0) is 6.42 Å². The van der Waals surface area contributed by atoms with Crippen LogP contribution in [-0.2, 0) is 14.9 Å². The van der Waals surface area contributed by atoms with E-state index in [4.69, 9.17) is 10.3 Å². The summed E-state index contributed by atoms with van der Waals surface area (Å²) in [6.07, 6.45) is 13.5. The Balaban J connectivity index is 0. The third-order valence-corrected chi connectivity index (χ3v) is 5.40. The molecule has 3 N–H and O–H groups in total. The molecule has 0 fully saturated rings. The molecule has 0 aromatic carbocycles. The van der Waals surface area contributed by atoms with Crippen LogP contribution in [0.1, 0.15) is 90.4 Å². The topological polar surface area (TPSA) is 97.5 Å². The van der Waals surface area contributed by atoms with Crippen LogP contribution in [0.2, 0.25) is 0 Å². The third-order valence-electron chi connectivity index (χ3n) is 4.20. The SMILES string of the molecule is CCCCCCCCCCCCCC(=O)CC(CN)S(=O)(=O)O.[NaH]. The molecule has 0 spiro atoms. The molecule has 0 heterocycles. The van der Waals surface area contributed by atoms with Crippen molar-refractivity contribution < 1.29 is 17.8 Å². The van der Waals surface area contributed by atoms with Gasteiger partial charge in [0.15, 0.2) is 0 Å². The van der Waals surface area contributed by atoms with Crippen LogP contribution >= 0.6 is 0 Å². The molecular weight excluding hydrogens is 337 g/mol. The van der Waals surface area contributed by atoms with E-state index in [1.165, 1.54) is 51.4 Å². The van der Waals surface area contributed by atoms with Crippen LogP contribution in [-0.4, -0.2) is 60.1 Å². The molecule has 0 aromatic heterocycles. The zero-order valence-corrected chi connectivity index (χ0v) is 15.5. The van der Waals surface area contributed by atoms with Gasteiger partial charge >= 0.3 is 29.6 Å². The Kier molecular flexibility index (Phi) is 18.9. The molecule has 0 rings (SSSR count). The molecule has 24 heavy (non-hydrogen) atoms. The fourth-order valence-electron chi connectivity index (χ4n) is 2.65. The number of nitrogens with two attached hydrogens (primary N) is 1. The van der Waals surface area contributed by atoms with Crippen LogP contribution in [0.15, 0.2) is 0 Å². The summed E-state index contributed by atoms with van der Waals surface area (Å²) in [4.78, 5) is 11.7. The van der Waals surface area contributed by atoms with E-state index in [1.54, 1.807) is 0 Å². The Labute approximate surface area is 170 Å². The van der Waals surface area contributed by atoms with Crippen molar-refractivity contribution in [1.82, 2.24) is 0 Å². The second-order valence-corrected chi connectivity index (χ2v) is 8.10. The summed E-state index contributed by atoms with van der Waals surface area (Å²) in [6.45, 7) is 2.01. The normalized spacial score (nSPS) is 12.6. The fourth-order valence-corrected chi connectivity index (χ4v) is 3.29. The molecule has 0 amide bonds. The first-order chi connectivity index (χ1) is 10.9. The summed E-state index contributed by atoms with van der Waals surface area (Å²) in [7, 11) is -4.21. The van der Waals surface area contributed by atoms with Crippen molar-refractivity contribution in [2.24, 2.45) is 5.73 Å². The van der Waals surface area contributed by atoms with Gasteiger partial charge < -0.3 is 5.73 Å². The van der Waals surface area contributed by atoms with Crippen molar-refractivity contribution in [2.45, 2.75) is 95.6 Å². The van der Waals surface area contributed by atoms with Gasteiger partial charge in [-0.25, -0.2) is 0 Å². The van der Waals surface area contributed by atoms with E-state index in [0.717, 1.165) is 19.3 Å². The molecule has 0 saturated heterocycles. The van der Waals surface area contributed by atoms with Crippen molar-refractivity contribution in [2.75, 3.05) is 6.54 Å². The zero-order valence-electron chi connectivity index (χ0n) is 14.6. The number of carbonyl (C=O) groups is 1. The predicted octanol–water partition coefficient (Wildman–Crippen LogP) is 3.21. The number of carbonyl (C=O) groups excluding carboxylic acids is 1. The average molecular weight is 374 g/mol. The van der Waals surface area contributed by atoms with Crippen LogP contribution < -0.4 is 5.73 Å². The van der Waals surface area contributed by atoms with E-state index >= 15 is 0 Å². The number of rotatable bonds is 16. The van der Waals surface area contributed by atoms with Gasteiger partial charge in [0.25, 0.3) is 10.1 Å². The number of Topliss-reactive ketones (excluding diaryl/α,β-unsaturated/α-hetero) is 1. The van der Waals surface area contributed by atoms with Crippen molar-refractivity contribution in [3.63, 3.8) is 0 Å². The first kappa shape index (κ1) is 26.8. The van der Waals surface area contributed by atoms with Crippen molar-refractivity contribution >= 4 is 45.5 Å². The van der Waals surface area contributed by atoms with E-state index in [9.17, 15) is 13.2 Å². The maximum atomic E-state index is 11.7. The number of hydrogen-bond acceptors (Lipinski definition) is 4. The molecule has 0 aliphatic heterocycles. The molecule has 0 radical (unpaired) electrons. The van der Waals surface area contributed by atoms with Crippen molar-refractivity contribution in [3.8, 4) is 0 Å². The Bertz CT molecular complexity index is 401. The number of hydrogen-bond donors (Lipinski definition) is 2. The molecule has 7 heteroatoms. The molecule has 140 valence electrons. The predicted molar refractivity (Wildman–Crippen MR) is 102 cm³/mol. The summed E-state index contributed by atoms with van der Waals surface area (Å²) in [6, 6.07) is 0. The van der Waals surface area contributed by atoms with Gasteiger partial charge in [-0.3, -0.25) is 9.35 Å². The molecule has 1 atom stereocenters. The van der Waals surface area contributed by atoms with Gasteiger partial charge in [0, 0.05) is 19.4 Å². The van der Waals surface area contributed by atoms with Crippen molar-refractivity contribution in [3.05, 3.63) is 0 Å². The molecule has 0 aliphatic carbocycles. The summed E-state index contributed by atoms with van der Waals surface area (Å²) in [5.74, 6) is -0.131. The summed E-state index contributed by atoms with van der Waals surface area (Å²) < 4.78 is 30.9. The third kappa shape index (κ3) is 16.0. The average Bonchev–Trinajstić information content (AvgIpc) is 2.49. The van der Waals surface area contributed by atoms with E-state index in [0.29, 0.717) is 6.42 Å². The Morgan fingerprint density at radius 3 is 1.71 bits per heavy atom. The van der Waals surface area contributed by atoms with Crippen LogP contribution in [0.3, 0.4) is 0 Å². The van der Waals surface area contributed by atoms with E-state index < -0.39 is 15.4 Å². The van der Waals surface area contributed by atoms with Gasteiger partial charge in [-0.2, -0.15) is 8.42 Å². The van der Waals surface area contributed by atoms with Crippen LogP contribution in [0.4, 0.5) is 0 Å². The van der Waals surface area contributed by atoms with Crippen LogP contribution in [0, 0.1) is 0 Å². The summed E-state index contributed by atoms with van der Waals surface area (Å²) >= 11 is 0. The minimum atomic E-state index is -4.21. The minimum absolute atomic E-state index is 0. The molecule has 0 saturated carbocycles. The Morgan fingerprint density at radius 2 is 1.33 bits per heavy atom. The van der Waals surface area contributed by atoms with E-state index in [-0.39, 0.29) is 48.3 Å². The molecule has 1 unspecified atom stereocenters. The number of ketones is 1. The van der Waals surface area contributed by atoms with Crippen molar-refractivity contribution in [1.29, 1.82) is 0 Å². The second-order valence-electron chi connectivity index (χ2n) is 6.40. The first-order valence-electron chi connectivity index (χ1n) is 9.09. The zero-order chi connectivity index (χ0) is 17.6. The quantitative estimate of drug-likeness (QED) is 0.246. The second kappa shape index (κ2) is 17.0. The summed E-state index contributed by atoms with van der Waals surface area (Å²) in [5, 5.41) is -1.15. The number of unbranched alkanes of at least 4 members (excludes halogenated alkanes) is 10. The van der Waals surface area contributed by atoms with E-state index in [2.05, 4.69) is 6.92 Å². The van der Waals surface area contributed by atoms with E-state index in [1.807, 2.05) is 0 Å². The maximum absolute atomic E-state index is 11.7. The Morgan fingerprint density at radius 1 is 0.917 bits per heavy atom. The fraction of sp³-hybridized carbons (Fsp3) is 0.941. The van der Waals surface area contributed by atoms with Crippen LogP contribution in [0.25, 0.3) is 0 Å². The standard InChI is InChI=1S/C17H35NO4S.Na.H/c1-2-3-4-5-6-7-8-9-10-11-12-13-16(19)14-17(15-18)23(20,21)22;;/h17H,2-15,18H2,1H3,(H,20,21,22);;. The first-order valence-corrected chi connectivity index (χ1v) is 10.6. The van der Waals surface area contributed by atoms with Gasteiger partial charge in [0.2, 0.25) is 0 Å². The monoisotopic (exact) mass is 373 g/mol. The molecular formula is C17H36NNaO4S. The molecule has 0 aliphatic rings. The summed E-state index contributed by atoms with van der Waals surface area (Å²) in [5.41, 5.74) is 5.28. The van der Waals surface area contributed by atoms with Gasteiger partial charge in [0.05, 0.1) is 0 Å². The van der Waals surface area contributed by atoms with Gasteiger partial charge in [0.1, 0.15) is 11.0 Å². The molecule has 0 bridgehead atoms. The van der Waals surface area contributed by atoms with Crippen LogP contribution in [0.5, 0.6) is 0 Å². The van der Waals surface area contributed by atoms with Gasteiger partial charge in [-0.15, -0.1) is 0 Å². The molecule has 0 aromatic rings.